The highest BCUT2D eigenvalue weighted by molar-refractivity contribution is 7.92. The maximum absolute atomic E-state index is 12.5. The predicted molar refractivity (Wildman–Crippen MR) is 80.4 cm³/mol. The first-order valence-electron chi connectivity index (χ1n) is 6.85. The van der Waals surface area contributed by atoms with Crippen LogP contribution in [0.2, 0.25) is 0 Å². The fourth-order valence-corrected chi connectivity index (χ4v) is 3.47. The van der Waals surface area contributed by atoms with Crippen LogP contribution in [0.25, 0.3) is 0 Å². The van der Waals surface area contributed by atoms with E-state index in [4.69, 9.17) is 5.73 Å². The first-order valence-corrected chi connectivity index (χ1v) is 8.34. The van der Waals surface area contributed by atoms with Crippen LogP contribution in [0.3, 0.4) is 0 Å². The Balaban J connectivity index is 1.93. The minimum absolute atomic E-state index is 0.256. The van der Waals surface area contributed by atoms with Crippen LogP contribution in [0, 0.1) is 6.92 Å². The van der Waals surface area contributed by atoms with Gasteiger partial charge >= 0.3 is 0 Å². The Morgan fingerprint density at radius 3 is 2.86 bits per heavy atom. The van der Waals surface area contributed by atoms with Crippen molar-refractivity contribution in [2.75, 3.05) is 4.72 Å². The Kier molecular flexibility index (Phi) is 3.46. The summed E-state index contributed by atoms with van der Waals surface area (Å²) in [6.07, 6.45) is 7.03. The normalized spacial score (nSPS) is 15.1. The summed E-state index contributed by atoms with van der Waals surface area (Å²) in [5.74, 6) is 0. The van der Waals surface area contributed by atoms with Crippen molar-refractivity contribution in [3.05, 3.63) is 42.0 Å². The van der Waals surface area contributed by atoms with Crippen LogP contribution >= 0.6 is 0 Å². The van der Waals surface area contributed by atoms with Gasteiger partial charge in [-0.25, -0.2) is 8.42 Å². The van der Waals surface area contributed by atoms with Crippen LogP contribution in [0.15, 0.2) is 35.6 Å². The molecule has 7 heteroatoms. The topological polar surface area (TPSA) is 90.0 Å². The summed E-state index contributed by atoms with van der Waals surface area (Å²) in [5, 5.41) is 0. The van der Waals surface area contributed by atoms with Crippen molar-refractivity contribution < 1.29 is 8.42 Å². The van der Waals surface area contributed by atoms with Gasteiger partial charge in [-0.1, -0.05) is 0 Å². The molecule has 2 heterocycles. The number of hydrogen-bond acceptors (Lipinski definition) is 4. The van der Waals surface area contributed by atoms with E-state index < -0.39 is 10.0 Å². The third-order valence-electron chi connectivity index (χ3n) is 3.63. The van der Waals surface area contributed by atoms with Crippen LogP contribution in [-0.2, 0) is 16.6 Å². The molecule has 1 aliphatic carbocycles. The lowest BCUT2D eigenvalue weighted by Gasteiger charge is -2.08. The quantitative estimate of drug-likeness (QED) is 0.881. The first-order chi connectivity index (χ1) is 10.0. The number of nitrogens with two attached hydrogens (primary N) is 1. The lowest BCUT2D eigenvalue weighted by Crippen LogP contribution is -2.13. The summed E-state index contributed by atoms with van der Waals surface area (Å²) in [7, 11) is -3.61. The van der Waals surface area contributed by atoms with Crippen molar-refractivity contribution >= 4 is 15.7 Å². The van der Waals surface area contributed by atoms with E-state index >= 15 is 0 Å². The highest BCUT2D eigenvalue weighted by Gasteiger charge is 2.28. The molecule has 0 radical (unpaired) electrons. The summed E-state index contributed by atoms with van der Waals surface area (Å²) in [4.78, 5) is 4.21. The minimum atomic E-state index is -3.61. The second-order valence-electron chi connectivity index (χ2n) is 5.31. The number of nitrogens with zero attached hydrogens (tertiary/aromatic N) is 2. The van der Waals surface area contributed by atoms with E-state index in [1.54, 1.807) is 30.7 Å². The summed E-state index contributed by atoms with van der Waals surface area (Å²) >= 11 is 0. The fourth-order valence-electron chi connectivity index (χ4n) is 2.29. The molecule has 0 unspecified atom stereocenters. The first kappa shape index (κ1) is 14.1. The van der Waals surface area contributed by atoms with Crippen LogP contribution in [-0.4, -0.2) is 18.0 Å². The largest absolute Gasteiger partial charge is 0.346 e. The van der Waals surface area contributed by atoms with Gasteiger partial charge in [-0.2, -0.15) is 0 Å². The van der Waals surface area contributed by atoms with Crippen molar-refractivity contribution in [1.29, 1.82) is 0 Å². The number of anilines is 1. The van der Waals surface area contributed by atoms with E-state index in [0.29, 0.717) is 18.3 Å². The molecule has 1 aliphatic rings. The number of rotatable bonds is 5. The second-order valence-corrected chi connectivity index (χ2v) is 6.99. The average molecular weight is 306 g/mol. The number of aryl methyl sites for hydroxylation is 1. The molecular weight excluding hydrogens is 288 g/mol. The second kappa shape index (κ2) is 5.16. The van der Waals surface area contributed by atoms with Crippen molar-refractivity contribution in [1.82, 2.24) is 9.55 Å². The molecule has 0 spiro atoms. The molecule has 21 heavy (non-hydrogen) atoms. The van der Waals surface area contributed by atoms with Gasteiger partial charge in [0, 0.05) is 36.9 Å². The van der Waals surface area contributed by atoms with Gasteiger partial charge < -0.3 is 10.3 Å². The summed E-state index contributed by atoms with van der Waals surface area (Å²) in [6.45, 7) is 2.14. The smallest absolute Gasteiger partial charge is 0.263 e. The molecule has 0 amide bonds. The van der Waals surface area contributed by atoms with Crippen LogP contribution in [0.4, 0.5) is 5.69 Å². The number of pyridine rings is 1. The standard InChI is InChI=1S/C14H18N4O2S/c1-10-8-16-5-4-14(10)17-21(19,20)13-6-12(7-15)18(9-13)11-2-3-11/h4-6,8-9,11H,2-3,7,15H2,1H3,(H,16,17). The zero-order valence-corrected chi connectivity index (χ0v) is 12.6. The number of hydrogen-bond donors (Lipinski definition) is 2. The lowest BCUT2D eigenvalue weighted by atomic mass is 10.3. The van der Waals surface area contributed by atoms with Crippen LogP contribution < -0.4 is 10.5 Å². The highest BCUT2D eigenvalue weighted by atomic mass is 32.2. The SMILES string of the molecule is Cc1cnccc1NS(=O)(=O)c1cc(CN)n(C2CC2)c1. The van der Waals surface area contributed by atoms with E-state index in [1.807, 2.05) is 11.5 Å². The van der Waals surface area contributed by atoms with Crippen molar-refractivity contribution in [3.63, 3.8) is 0 Å². The van der Waals surface area contributed by atoms with Gasteiger partial charge in [0.1, 0.15) is 4.90 Å². The van der Waals surface area contributed by atoms with E-state index in [-0.39, 0.29) is 4.90 Å². The Morgan fingerprint density at radius 2 is 2.24 bits per heavy atom. The van der Waals surface area contributed by atoms with Gasteiger partial charge in [-0.3, -0.25) is 9.71 Å². The molecule has 112 valence electrons. The fraction of sp³-hybridized carbons (Fsp3) is 0.357. The molecule has 0 saturated heterocycles. The molecule has 1 fully saturated rings. The third-order valence-corrected chi connectivity index (χ3v) is 4.96. The zero-order chi connectivity index (χ0) is 15.0. The summed E-state index contributed by atoms with van der Waals surface area (Å²) in [5.41, 5.74) is 7.88. The molecule has 2 aromatic rings. The molecule has 0 aromatic carbocycles. The molecule has 2 aromatic heterocycles. The van der Waals surface area contributed by atoms with Gasteiger partial charge in [-0.15, -0.1) is 0 Å². The molecule has 0 bridgehead atoms. The van der Waals surface area contributed by atoms with Crippen LogP contribution in [0.5, 0.6) is 0 Å². The molecule has 6 nitrogen and oxygen atoms in total. The van der Waals surface area contributed by atoms with E-state index in [0.717, 1.165) is 24.1 Å². The van der Waals surface area contributed by atoms with Gasteiger partial charge in [0.05, 0.1) is 5.69 Å². The maximum atomic E-state index is 12.5. The van der Waals surface area contributed by atoms with Crippen molar-refractivity contribution in [2.45, 2.75) is 37.2 Å². The van der Waals surface area contributed by atoms with Crippen molar-refractivity contribution in [2.24, 2.45) is 5.73 Å². The number of aromatic nitrogens is 2. The Bertz CT molecular complexity index is 763. The predicted octanol–water partition coefficient (Wildman–Crippen LogP) is 1.79. The number of nitrogens with one attached hydrogen (secondary N) is 1. The molecule has 1 saturated carbocycles. The summed E-state index contributed by atoms with van der Waals surface area (Å²) < 4.78 is 29.6. The van der Waals surface area contributed by atoms with E-state index in [1.165, 1.54) is 0 Å². The molecule has 3 rings (SSSR count). The Hall–Kier alpha value is -1.86. The lowest BCUT2D eigenvalue weighted by molar-refractivity contribution is 0.600. The summed E-state index contributed by atoms with van der Waals surface area (Å²) in [6, 6.07) is 3.70. The minimum Gasteiger partial charge on any atom is -0.346 e. The molecule has 0 atom stereocenters. The van der Waals surface area contributed by atoms with Crippen molar-refractivity contribution in [3.8, 4) is 0 Å². The average Bonchev–Trinajstić information content (AvgIpc) is 3.19. The molecule has 3 N–H and O–H groups in total. The highest BCUT2D eigenvalue weighted by Crippen LogP contribution is 2.37. The molecule has 0 aliphatic heterocycles. The van der Waals surface area contributed by atoms with E-state index in [2.05, 4.69) is 9.71 Å². The van der Waals surface area contributed by atoms with Gasteiger partial charge in [-0.05, 0) is 37.5 Å². The van der Waals surface area contributed by atoms with Crippen LogP contribution in [0.1, 0.15) is 30.1 Å². The Labute approximate surface area is 124 Å². The van der Waals surface area contributed by atoms with Gasteiger partial charge in [0.15, 0.2) is 0 Å². The van der Waals surface area contributed by atoms with Gasteiger partial charge in [0.2, 0.25) is 0 Å². The van der Waals surface area contributed by atoms with E-state index in [9.17, 15) is 8.42 Å². The number of sulfonamides is 1. The maximum Gasteiger partial charge on any atom is 0.263 e. The third kappa shape index (κ3) is 2.79. The monoisotopic (exact) mass is 306 g/mol. The van der Waals surface area contributed by atoms with Gasteiger partial charge in [0.25, 0.3) is 10.0 Å². The molecular formula is C14H18N4O2S. The zero-order valence-electron chi connectivity index (χ0n) is 11.8. The Morgan fingerprint density at radius 1 is 1.48 bits per heavy atom.